The summed E-state index contributed by atoms with van der Waals surface area (Å²) in [6.07, 6.45) is 5.63. The van der Waals surface area contributed by atoms with Crippen LogP contribution in [0.5, 0.6) is 5.75 Å². The smallest absolute Gasteiger partial charge is 0.261 e. The molecule has 0 aromatic heterocycles. The molecule has 0 spiro atoms. The number of nitrogens with two attached hydrogens (primary N) is 1. The summed E-state index contributed by atoms with van der Waals surface area (Å²) >= 11 is 5.91. The van der Waals surface area contributed by atoms with E-state index >= 15 is 0 Å². The van der Waals surface area contributed by atoms with Crippen molar-refractivity contribution in [3.8, 4) is 5.75 Å². The molecular weight excluding hydrogens is 290 g/mol. The summed E-state index contributed by atoms with van der Waals surface area (Å²) in [6, 6.07) is 5.06. The molecule has 114 valence electrons. The minimum absolute atomic E-state index is 0.147. The van der Waals surface area contributed by atoms with E-state index < -0.39 is 0 Å². The number of rotatable bonds is 3. The van der Waals surface area contributed by atoms with Crippen LogP contribution in [-0.4, -0.2) is 25.0 Å². The zero-order valence-electron chi connectivity index (χ0n) is 12.1. The van der Waals surface area contributed by atoms with Crippen molar-refractivity contribution in [2.24, 2.45) is 10.7 Å². The summed E-state index contributed by atoms with van der Waals surface area (Å²) in [4.78, 5) is 16.6. The van der Waals surface area contributed by atoms with E-state index in [1.807, 2.05) is 0 Å². The number of nitrogens with zero attached hydrogens (tertiary/aromatic N) is 1. The summed E-state index contributed by atoms with van der Waals surface area (Å²) in [7, 11) is 1.50. The SMILES string of the molecule is COc1ccc(Cl)cc1C(=O)NC(N)=NC1CCCCC1. The van der Waals surface area contributed by atoms with Gasteiger partial charge >= 0.3 is 0 Å². The molecule has 0 radical (unpaired) electrons. The Kier molecular flexibility index (Phi) is 5.44. The molecule has 1 aliphatic carbocycles. The van der Waals surface area contributed by atoms with Gasteiger partial charge in [0.2, 0.25) is 0 Å². The summed E-state index contributed by atoms with van der Waals surface area (Å²) in [5, 5.41) is 3.06. The Morgan fingerprint density at radius 1 is 1.38 bits per heavy atom. The van der Waals surface area contributed by atoms with Gasteiger partial charge in [-0.2, -0.15) is 0 Å². The zero-order chi connectivity index (χ0) is 15.2. The molecular formula is C15H20ClN3O2. The van der Waals surface area contributed by atoms with E-state index in [1.54, 1.807) is 18.2 Å². The van der Waals surface area contributed by atoms with E-state index in [0.717, 1.165) is 25.7 Å². The maximum absolute atomic E-state index is 12.2. The van der Waals surface area contributed by atoms with Crippen molar-refractivity contribution in [3.63, 3.8) is 0 Å². The number of benzene rings is 1. The third kappa shape index (κ3) is 4.36. The minimum Gasteiger partial charge on any atom is -0.496 e. The normalized spacial score (nSPS) is 16.6. The second-order valence-corrected chi connectivity index (χ2v) is 5.54. The standard InChI is InChI=1S/C15H20ClN3O2/c1-21-13-8-7-10(16)9-12(13)14(20)19-15(17)18-11-5-3-2-4-6-11/h7-9,11H,2-6H2,1H3,(H3,17,18,19,20). The van der Waals surface area contributed by atoms with Crippen molar-refractivity contribution in [1.29, 1.82) is 0 Å². The van der Waals surface area contributed by atoms with Gasteiger partial charge < -0.3 is 10.5 Å². The number of amides is 1. The number of halogens is 1. The predicted molar refractivity (Wildman–Crippen MR) is 84.0 cm³/mol. The maximum Gasteiger partial charge on any atom is 0.261 e. The quantitative estimate of drug-likeness (QED) is 0.666. The first-order chi connectivity index (χ1) is 10.1. The Bertz CT molecular complexity index is 540. The number of hydrogen-bond acceptors (Lipinski definition) is 3. The zero-order valence-corrected chi connectivity index (χ0v) is 12.8. The Morgan fingerprint density at radius 3 is 2.76 bits per heavy atom. The van der Waals surface area contributed by atoms with E-state index in [4.69, 9.17) is 22.1 Å². The van der Waals surface area contributed by atoms with Gasteiger partial charge in [-0.25, -0.2) is 4.99 Å². The van der Waals surface area contributed by atoms with Crippen molar-refractivity contribution >= 4 is 23.5 Å². The summed E-state index contributed by atoms with van der Waals surface area (Å²) in [6.45, 7) is 0. The molecule has 0 aliphatic heterocycles. The van der Waals surface area contributed by atoms with Crippen LogP contribution in [0.3, 0.4) is 0 Å². The second kappa shape index (κ2) is 7.31. The van der Waals surface area contributed by atoms with E-state index in [1.165, 1.54) is 13.5 Å². The number of ether oxygens (including phenoxy) is 1. The van der Waals surface area contributed by atoms with E-state index in [9.17, 15) is 4.79 Å². The number of carbonyl (C=O) groups excluding carboxylic acids is 1. The summed E-state index contributed by atoms with van der Waals surface area (Å²) < 4.78 is 5.15. The molecule has 1 aromatic carbocycles. The molecule has 1 saturated carbocycles. The molecule has 21 heavy (non-hydrogen) atoms. The van der Waals surface area contributed by atoms with Crippen LogP contribution in [0, 0.1) is 0 Å². The fourth-order valence-corrected chi connectivity index (χ4v) is 2.65. The van der Waals surface area contributed by atoms with Crippen molar-refractivity contribution in [1.82, 2.24) is 5.32 Å². The van der Waals surface area contributed by atoms with Crippen LogP contribution in [0.2, 0.25) is 5.02 Å². The summed E-state index contributed by atoms with van der Waals surface area (Å²) in [5.41, 5.74) is 6.16. The van der Waals surface area contributed by atoms with Gasteiger partial charge in [0, 0.05) is 5.02 Å². The van der Waals surface area contributed by atoms with Crippen LogP contribution >= 0.6 is 11.6 Å². The van der Waals surface area contributed by atoms with Gasteiger partial charge in [-0.15, -0.1) is 0 Å². The lowest BCUT2D eigenvalue weighted by molar-refractivity contribution is 0.0973. The lowest BCUT2D eigenvalue weighted by Gasteiger charge is -2.18. The van der Waals surface area contributed by atoms with E-state index in [2.05, 4.69) is 10.3 Å². The topological polar surface area (TPSA) is 76.7 Å². The Balaban J connectivity index is 2.06. The fraction of sp³-hybridized carbons (Fsp3) is 0.467. The minimum atomic E-state index is -0.369. The number of aliphatic imine (C=N–C) groups is 1. The molecule has 0 bridgehead atoms. The van der Waals surface area contributed by atoms with Gasteiger partial charge in [-0.3, -0.25) is 10.1 Å². The lowest BCUT2D eigenvalue weighted by atomic mass is 9.96. The Morgan fingerprint density at radius 2 is 2.10 bits per heavy atom. The third-order valence-corrected chi connectivity index (χ3v) is 3.78. The monoisotopic (exact) mass is 309 g/mol. The first-order valence-corrected chi connectivity index (χ1v) is 7.46. The highest BCUT2D eigenvalue weighted by molar-refractivity contribution is 6.31. The molecule has 5 nitrogen and oxygen atoms in total. The molecule has 0 heterocycles. The summed E-state index contributed by atoms with van der Waals surface area (Å²) in [5.74, 6) is 0.225. The maximum atomic E-state index is 12.2. The highest BCUT2D eigenvalue weighted by Crippen LogP contribution is 2.23. The molecule has 2 rings (SSSR count). The van der Waals surface area contributed by atoms with Crippen LogP contribution in [0.4, 0.5) is 0 Å². The van der Waals surface area contributed by atoms with Crippen LogP contribution in [0.25, 0.3) is 0 Å². The Hall–Kier alpha value is -1.75. The molecule has 1 amide bonds. The molecule has 0 atom stereocenters. The molecule has 6 heteroatoms. The van der Waals surface area contributed by atoms with Gasteiger partial charge in [0.05, 0.1) is 18.7 Å². The number of guanidine groups is 1. The molecule has 1 fully saturated rings. The van der Waals surface area contributed by atoms with Gasteiger partial charge in [0.15, 0.2) is 5.96 Å². The van der Waals surface area contributed by atoms with Gasteiger partial charge in [-0.1, -0.05) is 30.9 Å². The number of nitrogens with one attached hydrogen (secondary N) is 1. The van der Waals surface area contributed by atoms with E-state index in [0.29, 0.717) is 16.3 Å². The third-order valence-electron chi connectivity index (χ3n) is 3.54. The highest BCUT2D eigenvalue weighted by Gasteiger charge is 2.16. The van der Waals surface area contributed by atoms with E-state index in [-0.39, 0.29) is 17.9 Å². The van der Waals surface area contributed by atoms with Crippen molar-refractivity contribution < 1.29 is 9.53 Å². The first kappa shape index (κ1) is 15.6. The van der Waals surface area contributed by atoms with Crippen molar-refractivity contribution in [3.05, 3.63) is 28.8 Å². The van der Waals surface area contributed by atoms with Gasteiger partial charge in [-0.05, 0) is 31.0 Å². The lowest BCUT2D eigenvalue weighted by Crippen LogP contribution is -2.38. The van der Waals surface area contributed by atoms with Crippen LogP contribution < -0.4 is 15.8 Å². The Labute approximate surface area is 129 Å². The van der Waals surface area contributed by atoms with Crippen LogP contribution in [0.1, 0.15) is 42.5 Å². The van der Waals surface area contributed by atoms with Crippen LogP contribution in [-0.2, 0) is 0 Å². The van der Waals surface area contributed by atoms with Crippen molar-refractivity contribution in [2.45, 2.75) is 38.1 Å². The second-order valence-electron chi connectivity index (χ2n) is 5.10. The average molecular weight is 310 g/mol. The highest BCUT2D eigenvalue weighted by atomic mass is 35.5. The molecule has 3 N–H and O–H groups in total. The number of carbonyl (C=O) groups is 1. The van der Waals surface area contributed by atoms with Crippen LogP contribution in [0.15, 0.2) is 23.2 Å². The molecule has 1 aromatic rings. The first-order valence-electron chi connectivity index (χ1n) is 7.08. The van der Waals surface area contributed by atoms with Gasteiger partial charge in [0.1, 0.15) is 5.75 Å². The number of hydrogen-bond donors (Lipinski definition) is 2. The average Bonchev–Trinajstić information content (AvgIpc) is 2.48. The molecule has 1 aliphatic rings. The molecule has 0 saturated heterocycles. The van der Waals surface area contributed by atoms with Gasteiger partial charge in [0.25, 0.3) is 5.91 Å². The number of methoxy groups -OCH3 is 1. The molecule has 0 unspecified atom stereocenters. The largest absolute Gasteiger partial charge is 0.496 e. The van der Waals surface area contributed by atoms with Crippen molar-refractivity contribution in [2.75, 3.05) is 7.11 Å². The fourth-order valence-electron chi connectivity index (χ4n) is 2.48. The predicted octanol–water partition coefficient (Wildman–Crippen LogP) is 2.73.